The Bertz CT molecular complexity index is 1530. The summed E-state index contributed by atoms with van der Waals surface area (Å²) in [5, 5.41) is 27.9. The van der Waals surface area contributed by atoms with Crippen LogP contribution in [-0.4, -0.2) is 95.1 Å². The van der Waals surface area contributed by atoms with E-state index in [0.29, 0.717) is 60.6 Å². The second-order valence-electron chi connectivity index (χ2n) is 12.0. The number of rotatable bonds is 15. The summed E-state index contributed by atoms with van der Waals surface area (Å²) in [6, 6.07) is 10.5. The van der Waals surface area contributed by atoms with Crippen LogP contribution in [-0.2, 0) is 23.7 Å². The summed E-state index contributed by atoms with van der Waals surface area (Å²) in [6.07, 6.45) is 6.85. The lowest BCUT2D eigenvalue weighted by atomic mass is 9.95. The van der Waals surface area contributed by atoms with E-state index in [-0.39, 0.29) is 18.3 Å². The summed E-state index contributed by atoms with van der Waals surface area (Å²) in [5.41, 5.74) is 0.871. The maximum Gasteiger partial charge on any atom is 0.336 e. The van der Waals surface area contributed by atoms with Crippen LogP contribution in [0.4, 0.5) is 0 Å². The number of fused-ring (bicyclic) bond motifs is 2. The van der Waals surface area contributed by atoms with E-state index in [4.69, 9.17) is 71.0 Å². The lowest BCUT2D eigenvalue weighted by Crippen LogP contribution is -2.37. The molecule has 0 unspecified atom stereocenters. The molecule has 1 aliphatic rings. The third kappa shape index (κ3) is 17.3. The van der Waals surface area contributed by atoms with E-state index in [1.807, 2.05) is 31.2 Å². The molecule has 51 heavy (non-hydrogen) atoms. The highest BCUT2D eigenvalue weighted by Gasteiger charge is 2.26. The van der Waals surface area contributed by atoms with Crippen LogP contribution >= 0.6 is 23.2 Å². The molecular weight excluding hydrogens is 703 g/mol. The fraction of sp³-hybridized carbons (Fsp3) is 0.595. The third-order valence-electron chi connectivity index (χ3n) is 7.71. The van der Waals surface area contributed by atoms with Gasteiger partial charge in [0.15, 0.2) is 0 Å². The van der Waals surface area contributed by atoms with E-state index in [1.165, 1.54) is 6.07 Å². The van der Waals surface area contributed by atoms with Crippen molar-refractivity contribution in [2.75, 3.05) is 60.0 Å². The van der Waals surface area contributed by atoms with Crippen LogP contribution in [0.2, 0.25) is 0 Å². The monoisotopic (exact) mass is 754 g/mol. The van der Waals surface area contributed by atoms with Crippen molar-refractivity contribution in [3.63, 3.8) is 0 Å². The first-order chi connectivity index (χ1) is 24.4. The van der Waals surface area contributed by atoms with Gasteiger partial charge in [-0.15, -0.1) is 23.2 Å². The number of halogens is 2. The first kappa shape index (κ1) is 45.9. The quantitative estimate of drug-likeness (QED) is 0.0946. The molecule has 4 atom stereocenters. The standard InChI is InChI=1S/C22H26O6.2C5H8ClNO.C5H10O2/c1-14(5-7-19(25-4)22(2,3)24)9-11-27-21-15-6-8-20(23)28-18(15)13-17-16(21)10-12-26-17;2*1-8-5(4-6)2-3-7;1-6-5-2-3-7-4-5/h6,8-10,12-13,19,24H,5,7,11H2,1-4H3;2*5H,2,4H2,1H3;5H,2-4H2,1H3/b14-9+;;;/t19-;3*5-/m1100/s1. The average Bonchev–Trinajstić information content (AvgIpc) is 3.82. The zero-order valence-corrected chi connectivity index (χ0v) is 32.1. The molecule has 0 aliphatic carbocycles. The molecule has 284 valence electrons. The Labute approximate surface area is 310 Å². The van der Waals surface area contributed by atoms with Gasteiger partial charge >= 0.3 is 5.63 Å². The van der Waals surface area contributed by atoms with Crippen molar-refractivity contribution in [2.24, 2.45) is 0 Å². The first-order valence-corrected chi connectivity index (χ1v) is 17.5. The highest BCUT2D eigenvalue weighted by molar-refractivity contribution is 6.18. The molecule has 3 heterocycles. The Hall–Kier alpha value is -3.17. The van der Waals surface area contributed by atoms with Gasteiger partial charge in [-0.2, -0.15) is 10.5 Å². The minimum Gasteiger partial charge on any atom is -0.488 e. The van der Waals surface area contributed by atoms with E-state index in [0.717, 1.165) is 42.4 Å². The van der Waals surface area contributed by atoms with Crippen LogP contribution in [0.3, 0.4) is 0 Å². The minimum absolute atomic E-state index is 0.0957. The highest BCUT2D eigenvalue weighted by atomic mass is 35.5. The lowest BCUT2D eigenvalue weighted by Gasteiger charge is -2.28. The maximum atomic E-state index is 11.5. The first-order valence-electron chi connectivity index (χ1n) is 16.4. The van der Waals surface area contributed by atoms with Gasteiger partial charge in [0, 0.05) is 58.9 Å². The summed E-state index contributed by atoms with van der Waals surface area (Å²) in [6.45, 7) is 7.55. The number of nitrogens with zero attached hydrogens (tertiary/aromatic N) is 2. The zero-order chi connectivity index (χ0) is 38.2. The number of benzene rings is 1. The Kier molecular flexibility index (Phi) is 23.1. The Morgan fingerprint density at radius 3 is 2.10 bits per heavy atom. The molecule has 0 radical (unpaired) electrons. The van der Waals surface area contributed by atoms with Crippen LogP contribution < -0.4 is 10.4 Å². The molecule has 0 bridgehead atoms. The second-order valence-corrected chi connectivity index (χ2v) is 12.6. The van der Waals surface area contributed by atoms with E-state index in [2.05, 4.69) is 0 Å². The molecule has 14 heteroatoms. The van der Waals surface area contributed by atoms with Crippen LogP contribution in [0, 0.1) is 22.7 Å². The normalized spacial score (nSPS) is 15.9. The number of allylic oxidation sites excluding steroid dienone is 1. The summed E-state index contributed by atoms with van der Waals surface area (Å²) in [5.74, 6) is 1.41. The minimum atomic E-state index is -0.884. The van der Waals surface area contributed by atoms with Crippen molar-refractivity contribution < 1.29 is 42.4 Å². The highest BCUT2D eigenvalue weighted by Crippen LogP contribution is 2.35. The summed E-state index contributed by atoms with van der Waals surface area (Å²) >= 11 is 10.7. The van der Waals surface area contributed by atoms with Crippen molar-refractivity contribution in [2.45, 2.75) is 82.9 Å². The number of ether oxygens (including phenoxy) is 6. The van der Waals surface area contributed by atoms with Crippen molar-refractivity contribution in [1.29, 1.82) is 10.5 Å². The topological polar surface area (TPSA) is 167 Å². The molecule has 1 N–H and O–H groups in total. The number of hydrogen-bond acceptors (Lipinski definition) is 12. The fourth-order valence-electron chi connectivity index (χ4n) is 4.56. The summed E-state index contributed by atoms with van der Waals surface area (Å²) in [7, 11) is 6.42. The van der Waals surface area contributed by atoms with Crippen molar-refractivity contribution >= 4 is 45.1 Å². The van der Waals surface area contributed by atoms with Crippen molar-refractivity contribution in [3.05, 3.63) is 52.6 Å². The van der Waals surface area contributed by atoms with Crippen molar-refractivity contribution in [3.8, 4) is 17.9 Å². The number of nitriles is 2. The molecule has 1 aliphatic heterocycles. The molecule has 0 spiro atoms. The van der Waals surface area contributed by atoms with Gasteiger partial charge in [-0.05, 0) is 58.2 Å². The predicted octanol–water partition coefficient (Wildman–Crippen LogP) is 7.16. The van der Waals surface area contributed by atoms with Crippen LogP contribution in [0.1, 0.15) is 52.9 Å². The molecule has 12 nitrogen and oxygen atoms in total. The largest absolute Gasteiger partial charge is 0.488 e. The van der Waals surface area contributed by atoms with Crippen LogP contribution in [0.25, 0.3) is 21.9 Å². The van der Waals surface area contributed by atoms with E-state index in [9.17, 15) is 9.90 Å². The summed E-state index contributed by atoms with van der Waals surface area (Å²) < 4.78 is 41.7. The van der Waals surface area contributed by atoms with Crippen LogP contribution in [0.15, 0.2) is 55.8 Å². The SMILES string of the molecule is CO[C@@H](CCl)CC#N.CO[C@H](CC/C(C)=C/COc1c2ccoc2cc2oc(=O)ccc12)C(C)(C)O.CO[C@H](CCl)CC#N.CO[C@H]1CCOC1. The van der Waals surface area contributed by atoms with E-state index >= 15 is 0 Å². The van der Waals surface area contributed by atoms with Gasteiger partial charge in [-0.25, -0.2) is 4.79 Å². The second kappa shape index (κ2) is 25.7. The van der Waals surface area contributed by atoms with Gasteiger partial charge in [0.2, 0.25) is 0 Å². The Morgan fingerprint density at radius 1 is 1.02 bits per heavy atom. The number of furan rings is 1. The fourth-order valence-corrected chi connectivity index (χ4v) is 5.03. The Balaban J connectivity index is 0.000000456. The molecule has 1 saturated heterocycles. The molecule has 1 fully saturated rings. The Morgan fingerprint density at radius 2 is 1.65 bits per heavy atom. The molecule has 2 aromatic heterocycles. The van der Waals surface area contributed by atoms with Gasteiger partial charge in [0.1, 0.15) is 23.5 Å². The van der Waals surface area contributed by atoms with Gasteiger partial charge in [-0.1, -0.05) is 5.57 Å². The van der Waals surface area contributed by atoms with E-state index < -0.39 is 11.2 Å². The number of alkyl halides is 2. The number of aliphatic hydroxyl groups is 1. The number of hydrogen-bond donors (Lipinski definition) is 1. The maximum absolute atomic E-state index is 11.5. The summed E-state index contributed by atoms with van der Waals surface area (Å²) in [4.78, 5) is 11.5. The van der Waals surface area contributed by atoms with E-state index in [1.54, 1.807) is 60.7 Å². The molecule has 0 amide bonds. The molecule has 4 rings (SSSR count). The lowest BCUT2D eigenvalue weighted by molar-refractivity contribution is -0.0728. The average molecular weight is 756 g/mol. The number of methoxy groups -OCH3 is 4. The van der Waals surface area contributed by atoms with Crippen molar-refractivity contribution in [1.82, 2.24) is 0 Å². The van der Waals surface area contributed by atoms with Gasteiger partial charge in [-0.3, -0.25) is 0 Å². The van der Waals surface area contributed by atoms with Gasteiger partial charge < -0.3 is 42.4 Å². The van der Waals surface area contributed by atoms with Gasteiger partial charge in [0.05, 0.1) is 78.6 Å². The zero-order valence-electron chi connectivity index (χ0n) is 30.6. The smallest absolute Gasteiger partial charge is 0.336 e. The molecular formula is C37H52Cl2N2O10. The van der Waals surface area contributed by atoms with Gasteiger partial charge in [0.25, 0.3) is 0 Å². The predicted molar refractivity (Wildman–Crippen MR) is 198 cm³/mol. The molecule has 1 aromatic carbocycles. The molecule has 3 aromatic rings. The van der Waals surface area contributed by atoms with Crippen LogP contribution in [0.5, 0.6) is 5.75 Å². The molecule has 0 saturated carbocycles. The third-order valence-corrected chi connectivity index (χ3v) is 8.40.